The number of hydrogen-bond donors (Lipinski definition) is 1. The minimum Gasteiger partial charge on any atom is -0.339 e. The third-order valence-corrected chi connectivity index (χ3v) is 3.82. The predicted octanol–water partition coefficient (Wildman–Crippen LogP) is 2.86. The second-order valence-corrected chi connectivity index (χ2v) is 5.62. The summed E-state index contributed by atoms with van der Waals surface area (Å²) in [5.74, 6) is 2.05. The molecule has 17 heavy (non-hydrogen) atoms. The number of rotatable bonds is 4. The van der Waals surface area contributed by atoms with Crippen LogP contribution in [0.25, 0.3) is 0 Å². The van der Waals surface area contributed by atoms with Crippen molar-refractivity contribution >= 4 is 0 Å². The van der Waals surface area contributed by atoms with Crippen LogP contribution >= 0.6 is 0 Å². The van der Waals surface area contributed by atoms with Crippen molar-refractivity contribution in [1.29, 1.82) is 0 Å². The molecule has 0 bridgehead atoms. The van der Waals surface area contributed by atoms with Gasteiger partial charge in [-0.1, -0.05) is 38.8 Å². The highest BCUT2D eigenvalue weighted by atomic mass is 16.5. The standard InChI is InChI=1S/C13H23N3O/c1-4-14-9-11-15-12(17-16-11)10-7-5-6-8-13(10,2)3/h10,14H,4-9H2,1-3H3. The Labute approximate surface area is 103 Å². The fourth-order valence-corrected chi connectivity index (χ4v) is 2.67. The quantitative estimate of drug-likeness (QED) is 0.874. The van der Waals surface area contributed by atoms with Gasteiger partial charge in [0, 0.05) is 5.92 Å². The molecule has 1 N–H and O–H groups in total. The van der Waals surface area contributed by atoms with Gasteiger partial charge >= 0.3 is 0 Å². The molecule has 1 saturated carbocycles. The summed E-state index contributed by atoms with van der Waals surface area (Å²) in [7, 11) is 0. The molecule has 0 saturated heterocycles. The molecule has 1 unspecified atom stereocenters. The fraction of sp³-hybridized carbons (Fsp3) is 0.846. The Morgan fingerprint density at radius 2 is 2.24 bits per heavy atom. The number of nitrogens with one attached hydrogen (secondary N) is 1. The molecule has 2 rings (SSSR count). The molecule has 1 heterocycles. The molecule has 0 spiro atoms. The van der Waals surface area contributed by atoms with Crippen LogP contribution in [0.3, 0.4) is 0 Å². The van der Waals surface area contributed by atoms with Gasteiger partial charge < -0.3 is 9.84 Å². The molecule has 4 heteroatoms. The van der Waals surface area contributed by atoms with Gasteiger partial charge in [0.15, 0.2) is 5.82 Å². The van der Waals surface area contributed by atoms with Crippen molar-refractivity contribution in [3.8, 4) is 0 Å². The first kappa shape index (κ1) is 12.6. The van der Waals surface area contributed by atoms with Gasteiger partial charge in [0.2, 0.25) is 5.89 Å². The molecule has 0 radical (unpaired) electrons. The van der Waals surface area contributed by atoms with Crippen LogP contribution in [0.2, 0.25) is 0 Å². The SMILES string of the molecule is CCNCc1noc(C2CCCCC2(C)C)n1. The molecule has 1 atom stereocenters. The lowest BCUT2D eigenvalue weighted by atomic mass is 9.69. The van der Waals surface area contributed by atoms with E-state index in [-0.39, 0.29) is 0 Å². The lowest BCUT2D eigenvalue weighted by Gasteiger charge is -2.36. The maximum Gasteiger partial charge on any atom is 0.230 e. The highest BCUT2D eigenvalue weighted by Crippen LogP contribution is 2.45. The van der Waals surface area contributed by atoms with Gasteiger partial charge in [0.05, 0.1) is 6.54 Å². The van der Waals surface area contributed by atoms with Gasteiger partial charge in [-0.25, -0.2) is 0 Å². The lowest BCUT2D eigenvalue weighted by molar-refractivity contribution is 0.164. The molecule has 1 aromatic heterocycles. The summed E-state index contributed by atoms with van der Waals surface area (Å²) in [6.07, 6.45) is 5.03. The van der Waals surface area contributed by atoms with Crippen LogP contribution < -0.4 is 5.32 Å². The van der Waals surface area contributed by atoms with Gasteiger partial charge in [-0.2, -0.15) is 4.98 Å². The monoisotopic (exact) mass is 237 g/mol. The largest absolute Gasteiger partial charge is 0.339 e. The van der Waals surface area contributed by atoms with Crippen LogP contribution in [0.15, 0.2) is 4.52 Å². The van der Waals surface area contributed by atoms with E-state index >= 15 is 0 Å². The molecule has 0 aromatic carbocycles. The Morgan fingerprint density at radius 3 is 2.94 bits per heavy atom. The van der Waals surface area contributed by atoms with E-state index in [1.54, 1.807) is 0 Å². The summed E-state index contributed by atoms with van der Waals surface area (Å²) in [4.78, 5) is 4.53. The van der Waals surface area contributed by atoms with Crippen molar-refractivity contribution in [2.45, 2.75) is 58.9 Å². The Hall–Kier alpha value is -0.900. The van der Waals surface area contributed by atoms with Gasteiger partial charge in [-0.15, -0.1) is 0 Å². The van der Waals surface area contributed by atoms with Crippen molar-refractivity contribution < 1.29 is 4.52 Å². The maximum atomic E-state index is 5.44. The number of aromatic nitrogens is 2. The van der Waals surface area contributed by atoms with Crippen molar-refractivity contribution in [1.82, 2.24) is 15.5 Å². The van der Waals surface area contributed by atoms with Crippen molar-refractivity contribution in [2.75, 3.05) is 6.54 Å². The first-order valence-corrected chi connectivity index (χ1v) is 6.66. The highest BCUT2D eigenvalue weighted by Gasteiger charge is 2.36. The molecule has 4 nitrogen and oxygen atoms in total. The Bertz CT molecular complexity index is 359. The molecule has 1 aromatic rings. The predicted molar refractivity (Wildman–Crippen MR) is 66.7 cm³/mol. The lowest BCUT2D eigenvalue weighted by Crippen LogP contribution is -2.26. The van der Waals surface area contributed by atoms with E-state index in [0.29, 0.717) is 17.9 Å². The molecule has 96 valence electrons. The average molecular weight is 237 g/mol. The summed E-state index contributed by atoms with van der Waals surface area (Å²) in [5.41, 5.74) is 0.292. The normalized spacial score (nSPS) is 23.8. The van der Waals surface area contributed by atoms with Crippen LogP contribution in [-0.2, 0) is 6.54 Å². The van der Waals surface area contributed by atoms with E-state index in [2.05, 4.69) is 36.2 Å². The zero-order valence-corrected chi connectivity index (χ0v) is 11.1. The van der Waals surface area contributed by atoms with Crippen LogP contribution in [0.4, 0.5) is 0 Å². The highest BCUT2D eigenvalue weighted by molar-refractivity contribution is 5.02. The Morgan fingerprint density at radius 1 is 1.41 bits per heavy atom. The van der Waals surface area contributed by atoms with Crippen LogP contribution in [0.1, 0.15) is 64.1 Å². The van der Waals surface area contributed by atoms with E-state index in [1.807, 2.05) is 0 Å². The van der Waals surface area contributed by atoms with Gasteiger partial charge in [-0.3, -0.25) is 0 Å². The van der Waals surface area contributed by atoms with Crippen molar-refractivity contribution in [3.63, 3.8) is 0 Å². The molecule has 0 aliphatic heterocycles. The summed E-state index contributed by atoms with van der Waals surface area (Å²) >= 11 is 0. The van der Waals surface area contributed by atoms with Crippen LogP contribution in [0.5, 0.6) is 0 Å². The van der Waals surface area contributed by atoms with Gasteiger partial charge in [0.25, 0.3) is 0 Å². The number of nitrogens with zero attached hydrogens (tertiary/aromatic N) is 2. The van der Waals surface area contributed by atoms with E-state index in [0.717, 1.165) is 18.3 Å². The minimum absolute atomic E-state index is 0.292. The second-order valence-electron chi connectivity index (χ2n) is 5.62. The van der Waals surface area contributed by atoms with Crippen molar-refractivity contribution in [2.24, 2.45) is 5.41 Å². The zero-order chi connectivity index (χ0) is 12.3. The summed E-state index contributed by atoms with van der Waals surface area (Å²) in [6.45, 7) is 8.33. The third kappa shape index (κ3) is 2.86. The second kappa shape index (κ2) is 5.17. The first-order chi connectivity index (χ1) is 8.13. The molecular weight excluding hydrogens is 214 g/mol. The van der Waals surface area contributed by atoms with E-state index in [9.17, 15) is 0 Å². The van der Waals surface area contributed by atoms with Crippen molar-refractivity contribution in [3.05, 3.63) is 11.7 Å². The summed E-state index contributed by atoms with van der Waals surface area (Å²) in [6, 6.07) is 0. The summed E-state index contributed by atoms with van der Waals surface area (Å²) < 4.78 is 5.44. The maximum absolute atomic E-state index is 5.44. The number of hydrogen-bond acceptors (Lipinski definition) is 4. The molecule has 1 aliphatic rings. The zero-order valence-electron chi connectivity index (χ0n) is 11.1. The average Bonchev–Trinajstić information content (AvgIpc) is 2.74. The first-order valence-electron chi connectivity index (χ1n) is 6.66. The smallest absolute Gasteiger partial charge is 0.230 e. The van der Waals surface area contributed by atoms with E-state index in [4.69, 9.17) is 4.52 Å². The molecule has 0 amide bonds. The van der Waals surface area contributed by atoms with Gasteiger partial charge in [-0.05, 0) is 24.8 Å². The van der Waals surface area contributed by atoms with Crippen LogP contribution in [0, 0.1) is 5.41 Å². The third-order valence-electron chi connectivity index (χ3n) is 3.82. The Balaban J connectivity index is 2.07. The van der Waals surface area contributed by atoms with E-state index < -0.39 is 0 Å². The topological polar surface area (TPSA) is 51.0 Å². The molecular formula is C13H23N3O. The Kier molecular flexibility index (Phi) is 3.82. The van der Waals surface area contributed by atoms with Gasteiger partial charge in [0.1, 0.15) is 0 Å². The molecule has 1 fully saturated rings. The van der Waals surface area contributed by atoms with E-state index in [1.165, 1.54) is 25.7 Å². The summed E-state index contributed by atoms with van der Waals surface area (Å²) in [5, 5.41) is 7.26. The molecule has 1 aliphatic carbocycles. The minimum atomic E-state index is 0.292. The fourth-order valence-electron chi connectivity index (χ4n) is 2.67. The van der Waals surface area contributed by atoms with Crippen LogP contribution in [-0.4, -0.2) is 16.7 Å².